The van der Waals surface area contributed by atoms with Crippen LogP contribution in [0.4, 0.5) is 0 Å². The molecule has 1 saturated heterocycles. The largest absolute Gasteiger partial charge is 0.480 e. The fraction of sp³-hybridized carbons (Fsp3) is 0.917. The molecule has 0 radical (unpaired) electrons. The summed E-state index contributed by atoms with van der Waals surface area (Å²) >= 11 is 0. The first-order chi connectivity index (χ1) is 8.88. The van der Waals surface area contributed by atoms with Crippen molar-refractivity contribution in [3.63, 3.8) is 0 Å². The van der Waals surface area contributed by atoms with Gasteiger partial charge in [-0.1, -0.05) is 6.42 Å². The summed E-state index contributed by atoms with van der Waals surface area (Å²) in [6.45, 7) is 1.44. The average Bonchev–Trinajstić information content (AvgIpc) is 2.70. The molecule has 6 nitrogen and oxygen atoms in total. The molecule has 110 valence electrons. The molecule has 1 fully saturated rings. The molecule has 0 unspecified atom stereocenters. The highest BCUT2D eigenvalue weighted by atomic mass is 16.4. The van der Waals surface area contributed by atoms with Crippen molar-refractivity contribution in [3.05, 3.63) is 0 Å². The van der Waals surface area contributed by atoms with Crippen LogP contribution in [-0.2, 0) is 4.79 Å². The molecule has 0 saturated carbocycles. The van der Waals surface area contributed by atoms with Gasteiger partial charge in [-0.05, 0) is 58.7 Å². The van der Waals surface area contributed by atoms with Crippen LogP contribution >= 0.6 is 0 Å². The summed E-state index contributed by atoms with van der Waals surface area (Å²) in [6, 6.07) is 0. The fourth-order valence-corrected chi connectivity index (χ4v) is 2.85. The molecule has 0 aromatic rings. The van der Waals surface area contributed by atoms with Crippen LogP contribution in [0.25, 0.3) is 0 Å². The van der Waals surface area contributed by atoms with E-state index in [9.17, 15) is 9.90 Å². The number of nitrogens with zero attached hydrogens (tertiary/aromatic N) is 1. The summed E-state index contributed by atoms with van der Waals surface area (Å²) in [6.07, 6.45) is 3.06. The number of hydrogen-bond donors (Lipinski definition) is 4. The van der Waals surface area contributed by atoms with E-state index in [0.717, 1.165) is 13.0 Å². The van der Waals surface area contributed by atoms with Gasteiger partial charge < -0.3 is 25.4 Å². The molecule has 2 atom stereocenters. The molecule has 1 aliphatic heterocycles. The zero-order valence-electron chi connectivity index (χ0n) is 11.8. The van der Waals surface area contributed by atoms with Crippen LogP contribution in [0, 0.1) is 5.92 Å². The Kier molecular flexibility index (Phi) is 6.26. The maximum Gasteiger partial charge on any atom is 0.451 e. The molecule has 0 aromatic carbocycles. The molecule has 1 rings (SSSR count). The Morgan fingerprint density at radius 3 is 2.68 bits per heavy atom. The lowest BCUT2D eigenvalue weighted by molar-refractivity contribution is -0.146. The third-order valence-corrected chi connectivity index (χ3v) is 3.98. The monoisotopic (exact) mass is 272 g/mol. The summed E-state index contributed by atoms with van der Waals surface area (Å²) in [7, 11) is 2.57. The number of nitrogens with one attached hydrogen (secondary N) is 1. The average molecular weight is 272 g/mol. The molecule has 0 spiro atoms. The standard InChI is InChI=1S/C12H25BN2O4/c1-15(2)9-6-12(11(16)17)10(5-8-14-12)4-3-7-13(18)19/h10,14,18-19H,3-9H2,1-2H3,(H,16,17)/t10-,12+/m1/s1. The second-order valence-corrected chi connectivity index (χ2v) is 5.65. The minimum Gasteiger partial charge on any atom is -0.480 e. The van der Waals surface area contributed by atoms with Crippen molar-refractivity contribution in [1.82, 2.24) is 10.2 Å². The van der Waals surface area contributed by atoms with Crippen LogP contribution in [0.3, 0.4) is 0 Å². The highest BCUT2D eigenvalue weighted by molar-refractivity contribution is 6.40. The van der Waals surface area contributed by atoms with Gasteiger partial charge in [-0.2, -0.15) is 0 Å². The van der Waals surface area contributed by atoms with E-state index in [4.69, 9.17) is 10.0 Å². The molecule has 4 N–H and O–H groups in total. The fourth-order valence-electron chi connectivity index (χ4n) is 2.85. The number of carbonyl (C=O) groups is 1. The summed E-state index contributed by atoms with van der Waals surface area (Å²) in [5, 5.41) is 30.5. The molecule has 19 heavy (non-hydrogen) atoms. The summed E-state index contributed by atoms with van der Waals surface area (Å²) in [5.41, 5.74) is -0.856. The molecule has 0 amide bonds. The van der Waals surface area contributed by atoms with Crippen molar-refractivity contribution in [2.45, 2.75) is 37.5 Å². The Labute approximate surface area is 114 Å². The smallest absolute Gasteiger partial charge is 0.451 e. The van der Waals surface area contributed by atoms with Crippen molar-refractivity contribution in [2.24, 2.45) is 5.92 Å². The molecule has 7 heteroatoms. The van der Waals surface area contributed by atoms with E-state index in [0.29, 0.717) is 32.1 Å². The summed E-state index contributed by atoms with van der Waals surface area (Å²) < 4.78 is 0. The molecular formula is C12H25BN2O4. The maximum absolute atomic E-state index is 11.7. The molecular weight excluding hydrogens is 247 g/mol. The van der Waals surface area contributed by atoms with E-state index >= 15 is 0 Å². The number of carboxylic acids is 1. The van der Waals surface area contributed by atoms with E-state index in [1.807, 2.05) is 19.0 Å². The maximum atomic E-state index is 11.7. The van der Waals surface area contributed by atoms with Crippen molar-refractivity contribution < 1.29 is 19.9 Å². The van der Waals surface area contributed by atoms with E-state index in [1.165, 1.54) is 0 Å². The van der Waals surface area contributed by atoms with E-state index in [2.05, 4.69) is 5.32 Å². The SMILES string of the molecule is CN(C)CC[C@]1(C(=O)O)NCC[C@H]1CCCB(O)O. The highest BCUT2D eigenvalue weighted by Crippen LogP contribution is 2.34. The second kappa shape index (κ2) is 7.24. The third kappa shape index (κ3) is 4.45. The Hall–Kier alpha value is -0.625. The number of carboxylic acid groups (broad SMARTS) is 1. The zero-order valence-corrected chi connectivity index (χ0v) is 11.8. The highest BCUT2D eigenvalue weighted by Gasteiger charge is 2.48. The first kappa shape index (κ1) is 16.4. The Morgan fingerprint density at radius 1 is 1.47 bits per heavy atom. The number of rotatable bonds is 8. The van der Waals surface area contributed by atoms with Gasteiger partial charge in [-0.15, -0.1) is 0 Å². The van der Waals surface area contributed by atoms with Gasteiger partial charge in [0.2, 0.25) is 0 Å². The summed E-state index contributed by atoms with van der Waals surface area (Å²) in [5.74, 6) is -0.731. The van der Waals surface area contributed by atoms with Gasteiger partial charge in [0.15, 0.2) is 0 Å². The Morgan fingerprint density at radius 2 is 2.16 bits per heavy atom. The minimum atomic E-state index is -1.30. The predicted octanol–water partition coefficient (Wildman–Crippen LogP) is -0.376. The first-order valence-corrected chi connectivity index (χ1v) is 6.88. The van der Waals surface area contributed by atoms with Crippen molar-refractivity contribution in [3.8, 4) is 0 Å². The molecule has 0 aromatic heterocycles. The predicted molar refractivity (Wildman–Crippen MR) is 73.9 cm³/mol. The van der Waals surface area contributed by atoms with Gasteiger partial charge in [0.25, 0.3) is 0 Å². The van der Waals surface area contributed by atoms with Crippen LogP contribution < -0.4 is 5.32 Å². The van der Waals surface area contributed by atoms with Crippen molar-refractivity contribution >= 4 is 13.1 Å². The quantitative estimate of drug-likeness (QED) is 0.450. The van der Waals surface area contributed by atoms with E-state index in [-0.39, 0.29) is 5.92 Å². The number of aliphatic carboxylic acids is 1. The van der Waals surface area contributed by atoms with Crippen LogP contribution in [0.5, 0.6) is 0 Å². The second-order valence-electron chi connectivity index (χ2n) is 5.65. The Bertz CT molecular complexity index is 301. The molecule has 1 aliphatic rings. The lowest BCUT2D eigenvalue weighted by atomic mass is 9.76. The van der Waals surface area contributed by atoms with Gasteiger partial charge in [0.1, 0.15) is 5.54 Å². The normalized spacial score (nSPS) is 26.9. The van der Waals surface area contributed by atoms with Gasteiger partial charge in [0.05, 0.1) is 0 Å². The van der Waals surface area contributed by atoms with Gasteiger partial charge in [-0.3, -0.25) is 4.79 Å². The van der Waals surface area contributed by atoms with E-state index < -0.39 is 18.6 Å². The van der Waals surface area contributed by atoms with E-state index in [1.54, 1.807) is 0 Å². The number of hydrogen-bond acceptors (Lipinski definition) is 5. The van der Waals surface area contributed by atoms with Crippen LogP contribution in [0.1, 0.15) is 25.7 Å². The van der Waals surface area contributed by atoms with Gasteiger partial charge in [-0.25, -0.2) is 0 Å². The first-order valence-electron chi connectivity index (χ1n) is 6.88. The Balaban J connectivity index is 2.63. The van der Waals surface area contributed by atoms with Gasteiger partial charge in [0, 0.05) is 0 Å². The third-order valence-electron chi connectivity index (χ3n) is 3.98. The molecule has 0 aliphatic carbocycles. The lowest BCUT2D eigenvalue weighted by Gasteiger charge is -2.32. The summed E-state index contributed by atoms with van der Waals surface area (Å²) in [4.78, 5) is 13.6. The van der Waals surface area contributed by atoms with Crippen molar-refractivity contribution in [1.29, 1.82) is 0 Å². The molecule has 0 bridgehead atoms. The van der Waals surface area contributed by atoms with Crippen LogP contribution in [0.2, 0.25) is 6.32 Å². The molecule has 1 heterocycles. The van der Waals surface area contributed by atoms with Crippen LogP contribution in [-0.4, -0.2) is 65.9 Å². The zero-order chi connectivity index (χ0) is 14.5. The topological polar surface area (TPSA) is 93.0 Å². The lowest BCUT2D eigenvalue weighted by Crippen LogP contribution is -2.53. The van der Waals surface area contributed by atoms with Gasteiger partial charge >= 0.3 is 13.1 Å². The van der Waals surface area contributed by atoms with Crippen molar-refractivity contribution in [2.75, 3.05) is 27.2 Å². The minimum absolute atomic E-state index is 0.0590. The van der Waals surface area contributed by atoms with Crippen LogP contribution in [0.15, 0.2) is 0 Å².